The van der Waals surface area contributed by atoms with Gasteiger partial charge in [-0.3, -0.25) is 4.79 Å². The summed E-state index contributed by atoms with van der Waals surface area (Å²) in [7, 11) is 3.11. The van der Waals surface area contributed by atoms with Crippen LogP contribution in [0.3, 0.4) is 0 Å². The van der Waals surface area contributed by atoms with Gasteiger partial charge in [0.2, 0.25) is 0 Å². The van der Waals surface area contributed by atoms with Crippen LogP contribution in [0.25, 0.3) is 0 Å². The topological polar surface area (TPSA) is 59.0 Å². The Morgan fingerprint density at radius 1 is 1.21 bits per heavy atom. The number of carbonyl (C=O) groups is 1. The Labute approximate surface area is 112 Å². The minimum atomic E-state index is -0.283. The lowest BCUT2D eigenvalue weighted by Crippen LogP contribution is -2.40. The van der Waals surface area contributed by atoms with Gasteiger partial charge in [-0.15, -0.1) is 0 Å². The molecule has 104 valence electrons. The Morgan fingerprint density at radius 3 is 2.42 bits per heavy atom. The molecule has 1 N–H and O–H groups in total. The van der Waals surface area contributed by atoms with Crippen LogP contribution in [-0.2, 0) is 0 Å². The zero-order valence-corrected chi connectivity index (χ0v) is 11.3. The lowest BCUT2D eigenvalue weighted by atomic mass is 10.1. The number of hydrogen-bond acceptors (Lipinski definition) is 4. The summed E-state index contributed by atoms with van der Waals surface area (Å²) in [5.41, 5.74) is 0.578. The SMILES string of the molecule is COc1ccc(C(=O)N2CCC(O)CC2)cc1OC. The van der Waals surface area contributed by atoms with Crippen LogP contribution in [0.2, 0.25) is 0 Å². The number of amides is 1. The van der Waals surface area contributed by atoms with Crippen molar-refractivity contribution >= 4 is 5.91 Å². The zero-order chi connectivity index (χ0) is 13.8. The highest BCUT2D eigenvalue weighted by Crippen LogP contribution is 2.28. The number of ether oxygens (including phenoxy) is 2. The fraction of sp³-hybridized carbons (Fsp3) is 0.500. The molecule has 0 saturated carbocycles. The van der Waals surface area contributed by atoms with Crippen molar-refractivity contribution in [3.8, 4) is 11.5 Å². The van der Waals surface area contributed by atoms with Crippen molar-refractivity contribution in [2.24, 2.45) is 0 Å². The van der Waals surface area contributed by atoms with Crippen molar-refractivity contribution in [2.45, 2.75) is 18.9 Å². The first kappa shape index (κ1) is 13.7. The molecule has 1 saturated heterocycles. The average molecular weight is 265 g/mol. The number of aliphatic hydroxyl groups is 1. The van der Waals surface area contributed by atoms with Gasteiger partial charge in [-0.25, -0.2) is 0 Å². The fourth-order valence-corrected chi connectivity index (χ4v) is 2.22. The van der Waals surface area contributed by atoms with Gasteiger partial charge in [0.05, 0.1) is 20.3 Å². The predicted octanol–water partition coefficient (Wildman–Crippen LogP) is 1.30. The van der Waals surface area contributed by atoms with Crippen molar-refractivity contribution in [3.05, 3.63) is 23.8 Å². The normalized spacial score (nSPS) is 16.3. The van der Waals surface area contributed by atoms with Crippen LogP contribution in [0.5, 0.6) is 11.5 Å². The first-order valence-corrected chi connectivity index (χ1v) is 6.35. The standard InChI is InChI=1S/C14H19NO4/c1-18-12-4-3-10(9-13(12)19-2)14(17)15-7-5-11(16)6-8-15/h3-4,9,11,16H,5-8H2,1-2H3. The van der Waals surface area contributed by atoms with Gasteiger partial charge in [0.15, 0.2) is 11.5 Å². The van der Waals surface area contributed by atoms with Crippen molar-refractivity contribution in [2.75, 3.05) is 27.3 Å². The average Bonchev–Trinajstić information content (AvgIpc) is 2.46. The molecule has 5 nitrogen and oxygen atoms in total. The van der Waals surface area contributed by atoms with Gasteiger partial charge in [0, 0.05) is 18.7 Å². The Balaban J connectivity index is 2.15. The Hall–Kier alpha value is -1.75. The van der Waals surface area contributed by atoms with E-state index in [1.165, 1.54) is 0 Å². The third kappa shape index (κ3) is 2.98. The minimum Gasteiger partial charge on any atom is -0.493 e. The van der Waals surface area contributed by atoms with Crippen LogP contribution >= 0.6 is 0 Å². The maximum Gasteiger partial charge on any atom is 0.253 e. The highest BCUT2D eigenvalue weighted by atomic mass is 16.5. The van der Waals surface area contributed by atoms with E-state index in [1.54, 1.807) is 37.3 Å². The fourth-order valence-electron chi connectivity index (χ4n) is 2.22. The molecule has 0 atom stereocenters. The van der Waals surface area contributed by atoms with E-state index in [9.17, 15) is 9.90 Å². The van der Waals surface area contributed by atoms with Gasteiger partial charge < -0.3 is 19.5 Å². The number of benzene rings is 1. The number of nitrogens with zero attached hydrogens (tertiary/aromatic N) is 1. The highest BCUT2D eigenvalue weighted by Gasteiger charge is 2.23. The Bertz CT molecular complexity index is 453. The first-order chi connectivity index (χ1) is 9.15. The van der Waals surface area contributed by atoms with E-state index in [2.05, 4.69) is 0 Å². The number of piperidine rings is 1. The number of likely N-dealkylation sites (tertiary alicyclic amines) is 1. The largest absolute Gasteiger partial charge is 0.493 e. The second kappa shape index (κ2) is 5.93. The van der Waals surface area contributed by atoms with E-state index in [4.69, 9.17) is 9.47 Å². The van der Waals surface area contributed by atoms with Gasteiger partial charge >= 0.3 is 0 Å². The van der Waals surface area contributed by atoms with E-state index in [0.717, 1.165) is 0 Å². The Kier molecular flexibility index (Phi) is 4.27. The molecular weight excluding hydrogens is 246 g/mol. The van der Waals surface area contributed by atoms with Crippen LogP contribution in [0, 0.1) is 0 Å². The monoisotopic (exact) mass is 265 g/mol. The molecule has 2 rings (SSSR count). The van der Waals surface area contributed by atoms with E-state index in [0.29, 0.717) is 43.0 Å². The molecule has 0 unspecified atom stereocenters. The molecule has 1 amide bonds. The minimum absolute atomic E-state index is 0.0344. The van der Waals surface area contributed by atoms with Crippen LogP contribution in [0.15, 0.2) is 18.2 Å². The van der Waals surface area contributed by atoms with Gasteiger partial charge in [0.25, 0.3) is 5.91 Å². The van der Waals surface area contributed by atoms with Crippen molar-refractivity contribution in [3.63, 3.8) is 0 Å². The van der Waals surface area contributed by atoms with Crippen molar-refractivity contribution in [1.82, 2.24) is 4.90 Å². The molecule has 1 aliphatic heterocycles. The molecule has 1 heterocycles. The molecule has 1 aliphatic rings. The van der Waals surface area contributed by atoms with Gasteiger partial charge in [0.1, 0.15) is 0 Å². The molecule has 0 radical (unpaired) electrons. The van der Waals surface area contributed by atoms with Crippen LogP contribution in [0.4, 0.5) is 0 Å². The second-order valence-corrected chi connectivity index (χ2v) is 4.59. The molecule has 1 aromatic carbocycles. The smallest absolute Gasteiger partial charge is 0.253 e. The third-order valence-corrected chi connectivity index (χ3v) is 3.38. The van der Waals surface area contributed by atoms with Gasteiger partial charge in [-0.1, -0.05) is 0 Å². The van der Waals surface area contributed by atoms with E-state index in [-0.39, 0.29) is 12.0 Å². The first-order valence-electron chi connectivity index (χ1n) is 6.35. The molecule has 1 fully saturated rings. The molecule has 0 aromatic heterocycles. The summed E-state index contributed by atoms with van der Waals surface area (Å²) < 4.78 is 10.3. The third-order valence-electron chi connectivity index (χ3n) is 3.38. The summed E-state index contributed by atoms with van der Waals surface area (Å²) in [5.74, 6) is 1.12. The summed E-state index contributed by atoms with van der Waals surface area (Å²) in [6.45, 7) is 1.18. The van der Waals surface area contributed by atoms with Crippen LogP contribution in [0.1, 0.15) is 23.2 Å². The summed E-state index contributed by atoms with van der Waals surface area (Å²) in [4.78, 5) is 14.1. The maximum atomic E-state index is 12.3. The second-order valence-electron chi connectivity index (χ2n) is 4.59. The van der Waals surface area contributed by atoms with E-state index >= 15 is 0 Å². The number of aliphatic hydroxyl groups excluding tert-OH is 1. The van der Waals surface area contributed by atoms with Crippen molar-refractivity contribution < 1.29 is 19.4 Å². The molecule has 5 heteroatoms. The number of rotatable bonds is 3. The number of methoxy groups -OCH3 is 2. The summed E-state index contributed by atoms with van der Waals surface area (Å²) in [6, 6.07) is 5.14. The lowest BCUT2D eigenvalue weighted by molar-refractivity contribution is 0.0546. The van der Waals surface area contributed by atoms with Gasteiger partial charge in [-0.2, -0.15) is 0 Å². The lowest BCUT2D eigenvalue weighted by Gasteiger charge is -2.29. The zero-order valence-electron chi connectivity index (χ0n) is 11.3. The van der Waals surface area contributed by atoms with Gasteiger partial charge in [-0.05, 0) is 31.0 Å². The molecular formula is C14H19NO4. The molecule has 0 spiro atoms. The summed E-state index contributed by atoms with van der Waals surface area (Å²) >= 11 is 0. The van der Waals surface area contributed by atoms with Crippen molar-refractivity contribution in [1.29, 1.82) is 0 Å². The Morgan fingerprint density at radius 2 is 1.84 bits per heavy atom. The molecule has 19 heavy (non-hydrogen) atoms. The van der Waals surface area contributed by atoms with Crippen LogP contribution < -0.4 is 9.47 Å². The summed E-state index contributed by atoms with van der Waals surface area (Å²) in [6.07, 6.45) is 0.993. The van der Waals surface area contributed by atoms with E-state index < -0.39 is 0 Å². The molecule has 1 aromatic rings. The molecule has 0 bridgehead atoms. The maximum absolute atomic E-state index is 12.3. The molecule has 0 aliphatic carbocycles. The summed E-state index contributed by atoms with van der Waals surface area (Å²) in [5, 5.41) is 9.46. The quantitative estimate of drug-likeness (QED) is 0.895. The highest BCUT2D eigenvalue weighted by molar-refractivity contribution is 5.95. The predicted molar refractivity (Wildman–Crippen MR) is 70.7 cm³/mol. The number of carbonyl (C=O) groups excluding carboxylic acids is 1. The number of hydrogen-bond donors (Lipinski definition) is 1. The van der Waals surface area contributed by atoms with E-state index in [1.807, 2.05) is 0 Å². The van der Waals surface area contributed by atoms with Crippen LogP contribution in [-0.4, -0.2) is 49.3 Å².